The number of carbonyl (C=O) groups excluding carboxylic acids is 1. The summed E-state index contributed by atoms with van der Waals surface area (Å²) in [6.07, 6.45) is 0.441. The lowest BCUT2D eigenvalue weighted by molar-refractivity contribution is 0.0477. The van der Waals surface area contributed by atoms with Crippen LogP contribution >= 0.6 is 11.6 Å². The minimum Gasteiger partial charge on any atom is -0.489 e. The molecule has 0 aromatic heterocycles. The number of likely N-dealkylation sites (tertiary alicyclic amines) is 1. The molecule has 1 amide bonds. The lowest BCUT2D eigenvalue weighted by atomic mass is 10.0. The van der Waals surface area contributed by atoms with Crippen LogP contribution in [-0.2, 0) is 6.61 Å². The van der Waals surface area contributed by atoms with Crippen molar-refractivity contribution in [2.24, 2.45) is 0 Å². The highest BCUT2D eigenvalue weighted by Crippen LogP contribution is 2.26. The Morgan fingerprint density at radius 1 is 1.31 bits per heavy atom. The van der Waals surface area contributed by atoms with E-state index < -0.39 is 5.60 Å². The molecule has 1 atom stereocenters. The second-order valence-electron chi connectivity index (χ2n) is 6.48. The summed E-state index contributed by atoms with van der Waals surface area (Å²) in [4.78, 5) is 14.2. The summed E-state index contributed by atoms with van der Waals surface area (Å²) in [6, 6.07) is 16.3. The van der Waals surface area contributed by atoms with Crippen LogP contribution in [0.25, 0.3) is 0 Å². The summed E-state index contributed by atoms with van der Waals surface area (Å²) in [5.41, 5.74) is 0.329. The van der Waals surface area contributed by atoms with E-state index in [0.717, 1.165) is 5.56 Å². The van der Waals surface area contributed by atoms with Gasteiger partial charge in [-0.25, -0.2) is 0 Å². The molecule has 1 saturated heterocycles. The average molecular weight is 371 g/mol. The van der Waals surface area contributed by atoms with E-state index in [-0.39, 0.29) is 18.9 Å². The van der Waals surface area contributed by atoms with Gasteiger partial charge in [-0.3, -0.25) is 4.79 Å². The van der Waals surface area contributed by atoms with Crippen LogP contribution in [0.4, 0.5) is 0 Å². The number of hydrogen-bond donors (Lipinski definition) is 1. The van der Waals surface area contributed by atoms with Gasteiger partial charge in [-0.05, 0) is 42.3 Å². The molecule has 1 unspecified atom stereocenters. The Kier molecular flexibility index (Phi) is 5.46. The fraction of sp³-hybridized carbons (Fsp3) is 0.300. The zero-order valence-corrected chi connectivity index (χ0v) is 14.9. The number of rotatable bonds is 5. The van der Waals surface area contributed by atoms with Gasteiger partial charge >= 0.3 is 0 Å². The molecule has 1 aliphatic rings. The normalized spacial score (nSPS) is 19.2. The van der Waals surface area contributed by atoms with Gasteiger partial charge in [0.1, 0.15) is 12.4 Å². The Morgan fingerprint density at radius 2 is 2.12 bits per heavy atom. The number of aliphatic hydroxyl groups is 1. The van der Waals surface area contributed by atoms with E-state index in [9.17, 15) is 9.90 Å². The van der Waals surface area contributed by atoms with Gasteiger partial charge in [0, 0.05) is 17.1 Å². The second kappa shape index (κ2) is 7.77. The Balaban J connectivity index is 1.65. The Morgan fingerprint density at radius 3 is 2.88 bits per heavy atom. The lowest BCUT2D eigenvalue weighted by Gasteiger charge is -2.20. The monoisotopic (exact) mass is 370 g/mol. The number of ether oxygens (including phenoxy) is 1. The van der Waals surface area contributed by atoms with E-state index in [1.165, 1.54) is 0 Å². The summed E-state index contributed by atoms with van der Waals surface area (Å²) in [5.74, 6) is 0.411. The number of carbonyl (C=O) groups is 1. The van der Waals surface area contributed by atoms with Crippen molar-refractivity contribution in [3.63, 3.8) is 0 Å². The minimum atomic E-state index is -1.11. The first kappa shape index (κ1) is 18.2. The standard InChI is InChI=1S/C20H19ClN2O3/c21-17-5-1-3-15(11-17)13-26-18-6-2-4-16(12-18)19(24)23-10-8-20(25,14-23)7-9-22/h1-6,11-12,25H,7-8,10,13-14H2. The maximum atomic E-state index is 12.7. The van der Waals surface area contributed by atoms with Crippen molar-refractivity contribution in [3.8, 4) is 11.8 Å². The highest BCUT2D eigenvalue weighted by Gasteiger charge is 2.38. The van der Waals surface area contributed by atoms with Gasteiger partial charge in [0.25, 0.3) is 5.91 Å². The van der Waals surface area contributed by atoms with Crippen molar-refractivity contribution in [2.75, 3.05) is 13.1 Å². The van der Waals surface area contributed by atoms with Crippen LogP contribution in [0.1, 0.15) is 28.8 Å². The molecule has 26 heavy (non-hydrogen) atoms. The summed E-state index contributed by atoms with van der Waals surface area (Å²) in [7, 11) is 0. The van der Waals surface area contributed by atoms with Gasteiger partial charge in [0.2, 0.25) is 0 Å². The van der Waals surface area contributed by atoms with E-state index in [1.54, 1.807) is 35.2 Å². The molecule has 1 N–H and O–H groups in total. The molecule has 6 heteroatoms. The van der Waals surface area contributed by atoms with Crippen molar-refractivity contribution < 1.29 is 14.6 Å². The maximum Gasteiger partial charge on any atom is 0.254 e. The molecule has 134 valence electrons. The van der Waals surface area contributed by atoms with Crippen molar-refractivity contribution >= 4 is 17.5 Å². The molecule has 1 fully saturated rings. The second-order valence-corrected chi connectivity index (χ2v) is 6.92. The molecule has 0 radical (unpaired) electrons. The number of benzene rings is 2. The van der Waals surface area contributed by atoms with Crippen molar-refractivity contribution in [3.05, 3.63) is 64.7 Å². The minimum absolute atomic E-state index is 0.0273. The molecule has 5 nitrogen and oxygen atoms in total. The van der Waals surface area contributed by atoms with E-state index in [1.807, 2.05) is 24.3 Å². The van der Waals surface area contributed by atoms with E-state index in [0.29, 0.717) is 35.9 Å². The molecular weight excluding hydrogens is 352 g/mol. The van der Waals surface area contributed by atoms with Crippen molar-refractivity contribution in [2.45, 2.75) is 25.0 Å². The van der Waals surface area contributed by atoms with Crippen LogP contribution in [0.15, 0.2) is 48.5 Å². The topological polar surface area (TPSA) is 73.6 Å². The van der Waals surface area contributed by atoms with Gasteiger partial charge < -0.3 is 14.7 Å². The molecule has 2 aromatic rings. The van der Waals surface area contributed by atoms with Crippen molar-refractivity contribution in [1.82, 2.24) is 4.90 Å². The summed E-state index contributed by atoms with van der Waals surface area (Å²) >= 11 is 5.97. The Hall–Kier alpha value is -2.55. The molecule has 3 rings (SSSR count). The molecular formula is C20H19ClN2O3. The Bertz CT molecular complexity index is 849. The largest absolute Gasteiger partial charge is 0.489 e. The Labute approximate surface area is 157 Å². The third-order valence-corrected chi connectivity index (χ3v) is 4.64. The quantitative estimate of drug-likeness (QED) is 0.875. The number of β-amino-alcohol motifs (C(OH)–C–C–N with tert-alkyl or cyclic N) is 1. The summed E-state index contributed by atoms with van der Waals surface area (Å²) in [5, 5.41) is 19.7. The van der Waals surface area contributed by atoms with Gasteiger partial charge in [0.15, 0.2) is 0 Å². The third-order valence-electron chi connectivity index (χ3n) is 4.40. The molecule has 0 spiro atoms. The number of nitrogens with zero attached hydrogens (tertiary/aromatic N) is 2. The van der Waals surface area contributed by atoms with Gasteiger partial charge in [-0.15, -0.1) is 0 Å². The van der Waals surface area contributed by atoms with E-state index in [2.05, 4.69) is 0 Å². The first-order valence-corrected chi connectivity index (χ1v) is 8.73. The zero-order chi connectivity index (χ0) is 18.6. The molecule has 1 aliphatic heterocycles. The van der Waals surface area contributed by atoms with Crippen LogP contribution in [0, 0.1) is 11.3 Å². The van der Waals surface area contributed by atoms with Crippen LogP contribution in [0.5, 0.6) is 5.75 Å². The zero-order valence-electron chi connectivity index (χ0n) is 14.2. The third kappa shape index (κ3) is 4.34. The number of nitriles is 1. The molecule has 0 aliphatic carbocycles. The van der Waals surface area contributed by atoms with Crippen molar-refractivity contribution in [1.29, 1.82) is 5.26 Å². The summed E-state index contributed by atoms with van der Waals surface area (Å²) < 4.78 is 5.76. The van der Waals surface area contributed by atoms with E-state index in [4.69, 9.17) is 21.6 Å². The fourth-order valence-corrected chi connectivity index (χ4v) is 3.23. The lowest BCUT2D eigenvalue weighted by Crippen LogP contribution is -2.35. The van der Waals surface area contributed by atoms with Crippen LogP contribution < -0.4 is 4.74 Å². The molecule has 2 aromatic carbocycles. The van der Waals surface area contributed by atoms with Gasteiger partial charge in [0.05, 0.1) is 24.6 Å². The molecule has 0 saturated carbocycles. The number of hydrogen-bond acceptors (Lipinski definition) is 4. The first-order valence-electron chi connectivity index (χ1n) is 8.35. The number of amides is 1. The van der Waals surface area contributed by atoms with Crippen LogP contribution in [0.2, 0.25) is 5.02 Å². The molecule has 0 bridgehead atoms. The van der Waals surface area contributed by atoms with Gasteiger partial charge in [-0.1, -0.05) is 29.8 Å². The fourth-order valence-electron chi connectivity index (χ4n) is 3.02. The molecule has 1 heterocycles. The van der Waals surface area contributed by atoms with E-state index >= 15 is 0 Å². The SMILES string of the molecule is N#CCC1(O)CCN(C(=O)c2cccc(OCc3cccc(Cl)c3)c2)C1. The van der Waals surface area contributed by atoms with Crippen LogP contribution in [-0.4, -0.2) is 34.6 Å². The predicted molar refractivity (Wildman–Crippen MR) is 97.9 cm³/mol. The average Bonchev–Trinajstić information content (AvgIpc) is 3.02. The predicted octanol–water partition coefficient (Wildman–Crippen LogP) is 3.41. The summed E-state index contributed by atoms with van der Waals surface area (Å²) in [6.45, 7) is 0.960. The first-order chi connectivity index (χ1) is 12.5. The highest BCUT2D eigenvalue weighted by atomic mass is 35.5. The smallest absolute Gasteiger partial charge is 0.254 e. The highest BCUT2D eigenvalue weighted by molar-refractivity contribution is 6.30. The maximum absolute atomic E-state index is 12.7. The van der Waals surface area contributed by atoms with Crippen LogP contribution in [0.3, 0.4) is 0 Å². The van der Waals surface area contributed by atoms with Gasteiger partial charge in [-0.2, -0.15) is 5.26 Å². The number of halogens is 1.